The fourth-order valence-electron chi connectivity index (χ4n) is 2.64. The molecule has 5 heteroatoms. The van der Waals surface area contributed by atoms with E-state index in [9.17, 15) is 4.79 Å². The summed E-state index contributed by atoms with van der Waals surface area (Å²) in [7, 11) is 5.60. The molecule has 1 fully saturated rings. The Kier molecular flexibility index (Phi) is 4.16. The molecule has 4 nitrogen and oxygen atoms in total. The zero-order valence-corrected chi connectivity index (χ0v) is 12.8. The smallest absolute Gasteiger partial charge is 0.306 e. The Morgan fingerprint density at radius 3 is 2.63 bits per heavy atom. The van der Waals surface area contributed by atoms with Crippen LogP contribution in [0.5, 0.6) is 5.75 Å². The van der Waals surface area contributed by atoms with E-state index in [1.807, 2.05) is 32.3 Å². The highest BCUT2D eigenvalue weighted by atomic mass is 79.9. The van der Waals surface area contributed by atoms with Crippen LogP contribution >= 0.6 is 15.9 Å². The number of aliphatic carboxylic acids is 1. The second-order valence-corrected chi connectivity index (χ2v) is 6.00. The van der Waals surface area contributed by atoms with Gasteiger partial charge in [0.15, 0.2) is 0 Å². The highest BCUT2D eigenvalue weighted by molar-refractivity contribution is 9.10. The summed E-state index contributed by atoms with van der Waals surface area (Å²) in [5.74, 6) is 0.0670. The molecule has 0 bridgehead atoms. The first-order valence-corrected chi connectivity index (χ1v) is 6.97. The van der Waals surface area contributed by atoms with Crippen LogP contribution in [-0.4, -0.2) is 37.2 Å². The van der Waals surface area contributed by atoms with Crippen LogP contribution in [0.2, 0.25) is 0 Å². The van der Waals surface area contributed by atoms with Gasteiger partial charge in [0.1, 0.15) is 5.75 Å². The minimum atomic E-state index is -0.690. The number of hydrogen-bond donors (Lipinski definition) is 1. The van der Waals surface area contributed by atoms with Gasteiger partial charge in [-0.15, -0.1) is 0 Å². The van der Waals surface area contributed by atoms with Crippen LogP contribution in [0.4, 0.5) is 0 Å². The molecule has 0 radical (unpaired) electrons. The topological polar surface area (TPSA) is 49.8 Å². The van der Waals surface area contributed by atoms with E-state index in [-0.39, 0.29) is 17.9 Å². The molecule has 0 aromatic heterocycles. The Hall–Kier alpha value is -1.07. The van der Waals surface area contributed by atoms with Crippen molar-refractivity contribution in [3.05, 3.63) is 28.2 Å². The summed E-state index contributed by atoms with van der Waals surface area (Å²) >= 11 is 3.48. The van der Waals surface area contributed by atoms with Gasteiger partial charge >= 0.3 is 5.97 Å². The van der Waals surface area contributed by atoms with E-state index >= 15 is 0 Å². The van der Waals surface area contributed by atoms with Gasteiger partial charge in [-0.25, -0.2) is 0 Å². The van der Waals surface area contributed by atoms with E-state index in [0.29, 0.717) is 0 Å². The molecule has 0 heterocycles. The summed E-state index contributed by atoms with van der Waals surface area (Å²) in [6.07, 6.45) is 0.752. The van der Waals surface area contributed by atoms with Crippen molar-refractivity contribution < 1.29 is 14.6 Å². The van der Waals surface area contributed by atoms with Crippen molar-refractivity contribution >= 4 is 21.9 Å². The SMILES string of the molecule is COc1ccc(C(C2CC2C(=O)O)N(C)C)cc1Br. The number of hydrogen-bond acceptors (Lipinski definition) is 3. The molecule has 0 saturated heterocycles. The summed E-state index contributed by atoms with van der Waals surface area (Å²) in [5, 5.41) is 9.09. The van der Waals surface area contributed by atoms with Crippen LogP contribution in [0.1, 0.15) is 18.0 Å². The number of carboxylic acids is 1. The molecule has 1 aliphatic rings. The monoisotopic (exact) mass is 327 g/mol. The molecule has 1 N–H and O–H groups in total. The first-order valence-electron chi connectivity index (χ1n) is 6.18. The largest absolute Gasteiger partial charge is 0.496 e. The van der Waals surface area contributed by atoms with Gasteiger partial charge < -0.3 is 14.7 Å². The van der Waals surface area contributed by atoms with Crippen LogP contribution in [-0.2, 0) is 4.79 Å². The molecular formula is C14H18BrNO3. The van der Waals surface area contributed by atoms with Crippen LogP contribution in [0, 0.1) is 11.8 Å². The van der Waals surface area contributed by atoms with E-state index in [1.165, 1.54) is 0 Å². The average molecular weight is 328 g/mol. The number of rotatable bonds is 5. The van der Waals surface area contributed by atoms with Crippen molar-refractivity contribution in [3.63, 3.8) is 0 Å². The Labute approximate surface area is 121 Å². The number of nitrogens with zero attached hydrogens (tertiary/aromatic N) is 1. The summed E-state index contributed by atoms with van der Waals surface area (Å²) in [6, 6.07) is 6.06. The minimum absolute atomic E-state index is 0.128. The lowest BCUT2D eigenvalue weighted by Crippen LogP contribution is -2.23. The fourth-order valence-corrected chi connectivity index (χ4v) is 3.20. The molecule has 3 unspecified atom stereocenters. The predicted octanol–water partition coefficient (Wildman–Crippen LogP) is 2.78. The number of carboxylic acid groups (broad SMARTS) is 1. The van der Waals surface area contributed by atoms with Crippen LogP contribution in [0.25, 0.3) is 0 Å². The molecule has 3 atom stereocenters. The number of halogens is 1. The summed E-state index contributed by atoms with van der Waals surface area (Å²) < 4.78 is 6.12. The number of carbonyl (C=O) groups is 1. The number of methoxy groups -OCH3 is 1. The molecule has 0 spiro atoms. The molecule has 0 aliphatic heterocycles. The standard InChI is InChI=1S/C14H18BrNO3/c1-16(2)13(9-7-10(9)14(17)18)8-4-5-12(19-3)11(15)6-8/h4-6,9-10,13H,7H2,1-3H3,(H,17,18). The highest BCUT2D eigenvalue weighted by Crippen LogP contribution is 2.50. The van der Waals surface area contributed by atoms with E-state index in [1.54, 1.807) is 7.11 Å². The Morgan fingerprint density at radius 1 is 1.53 bits per heavy atom. The van der Waals surface area contributed by atoms with E-state index < -0.39 is 5.97 Å². The molecule has 2 rings (SSSR count). The lowest BCUT2D eigenvalue weighted by atomic mass is 10.00. The van der Waals surface area contributed by atoms with E-state index in [4.69, 9.17) is 9.84 Å². The third kappa shape index (κ3) is 2.92. The van der Waals surface area contributed by atoms with Crippen molar-refractivity contribution in [1.29, 1.82) is 0 Å². The van der Waals surface area contributed by atoms with Crippen LogP contribution in [0.3, 0.4) is 0 Å². The summed E-state index contributed by atoms with van der Waals surface area (Å²) in [5.41, 5.74) is 1.12. The van der Waals surface area contributed by atoms with Crippen LogP contribution in [0.15, 0.2) is 22.7 Å². The Morgan fingerprint density at radius 2 is 2.21 bits per heavy atom. The first kappa shape index (κ1) is 14.3. The van der Waals surface area contributed by atoms with Gasteiger partial charge in [0, 0.05) is 6.04 Å². The molecular weight excluding hydrogens is 310 g/mol. The Bertz CT molecular complexity index is 490. The predicted molar refractivity (Wildman–Crippen MR) is 76.4 cm³/mol. The molecule has 0 amide bonds. The van der Waals surface area contributed by atoms with Crippen molar-refractivity contribution in [2.75, 3.05) is 21.2 Å². The normalized spacial score (nSPS) is 23.2. The number of benzene rings is 1. The molecule has 1 aromatic carbocycles. The van der Waals surface area contributed by atoms with E-state index in [2.05, 4.69) is 20.8 Å². The van der Waals surface area contributed by atoms with Gasteiger partial charge in [-0.1, -0.05) is 6.07 Å². The third-order valence-corrected chi connectivity index (χ3v) is 4.26. The van der Waals surface area contributed by atoms with Gasteiger partial charge in [-0.05, 0) is 60.1 Å². The van der Waals surface area contributed by atoms with Gasteiger partial charge in [-0.3, -0.25) is 4.79 Å². The zero-order chi connectivity index (χ0) is 14.2. The lowest BCUT2D eigenvalue weighted by Gasteiger charge is -2.25. The van der Waals surface area contributed by atoms with Gasteiger partial charge in [0.2, 0.25) is 0 Å². The van der Waals surface area contributed by atoms with Crippen molar-refractivity contribution in [3.8, 4) is 5.75 Å². The zero-order valence-electron chi connectivity index (χ0n) is 11.3. The van der Waals surface area contributed by atoms with Crippen LogP contribution < -0.4 is 4.74 Å². The maximum absolute atomic E-state index is 11.0. The van der Waals surface area contributed by atoms with Gasteiger partial charge in [0.25, 0.3) is 0 Å². The third-order valence-electron chi connectivity index (χ3n) is 3.64. The van der Waals surface area contributed by atoms with E-state index in [0.717, 1.165) is 22.2 Å². The maximum Gasteiger partial charge on any atom is 0.306 e. The molecule has 1 aliphatic carbocycles. The second kappa shape index (κ2) is 5.51. The molecule has 1 saturated carbocycles. The van der Waals surface area contributed by atoms with Gasteiger partial charge in [-0.2, -0.15) is 0 Å². The molecule has 19 heavy (non-hydrogen) atoms. The van der Waals surface area contributed by atoms with Gasteiger partial charge in [0.05, 0.1) is 17.5 Å². The minimum Gasteiger partial charge on any atom is -0.496 e. The lowest BCUT2D eigenvalue weighted by molar-refractivity contribution is -0.139. The molecule has 1 aromatic rings. The highest BCUT2D eigenvalue weighted by Gasteiger charge is 2.49. The first-order chi connectivity index (χ1) is 8.95. The van der Waals surface area contributed by atoms with Crippen molar-refractivity contribution in [2.45, 2.75) is 12.5 Å². The quantitative estimate of drug-likeness (QED) is 0.903. The Balaban J connectivity index is 2.26. The average Bonchev–Trinajstić information content (AvgIpc) is 3.09. The van der Waals surface area contributed by atoms with Crippen molar-refractivity contribution in [1.82, 2.24) is 4.90 Å². The summed E-state index contributed by atoms with van der Waals surface area (Å²) in [6.45, 7) is 0. The van der Waals surface area contributed by atoms with Crippen molar-refractivity contribution in [2.24, 2.45) is 11.8 Å². The number of ether oxygens (including phenoxy) is 1. The fraction of sp³-hybridized carbons (Fsp3) is 0.500. The maximum atomic E-state index is 11.0. The molecule has 104 valence electrons. The second-order valence-electron chi connectivity index (χ2n) is 5.15. The summed E-state index contributed by atoms with van der Waals surface area (Å²) in [4.78, 5) is 13.1.